The molecule has 2 heterocycles. The van der Waals surface area contributed by atoms with E-state index in [4.69, 9.17) is 11.6 Å². The molecule has 1 N–H and O–H groups in total. The lowest BCUT2D eigenvalue weighted by Gasteiger charge is -2.03. The van der Waals surface area contributed by atoms with Crippen molar-refractivity contribution in [2.24, 2.45) is 0 Å². The average Bonchev–Trinajstić information content (AvgIpc) is 2.87. The minimum Gasteiger partial charge on any atom is -0.348 e. The number of hydrogen-bond acceptors (Lipinski definition) is 2. The van der Waals surface area contributed by atoms with Crippen molar-refractivity contribution >= 4 is 29.2 Å². The Morgan fingerprint density at radius 3 is 2.87 bits per heavy atom. The van der Waals surface area contributed by atoms with Crippen LogP contribution in [0.15, 0.2) is 54.7 Å². The smallest absolute Gasteiger partial charge is 0.244 e. The van der Waals surface area contributed by atoms with Crippen molar-refractivity contribution in [1.82, 2.24) is 14.7 Å². The lowest BCUT2D eigenvalue weighted by Crippen LogP contribution is -2.20. The van der Waals surface area contributed by atoms with Crippen molar-refractivity contribution in [2.45, 2.75) is 6.54 Å². The third-order valence-corrected chi connectivity index (χ3v) is 3.60. The van der Waals surface area contributed by atoms with Gasteiger partial charge in [0.1, 0.15) is 11.5 Å². The van der Waals surface area contributed by atoms with Crippen LogP contribution in [0.3, 0.4) is 0 Å². The van der Waals surface area contributed by atoms with Crippen LogP contribution in [0, 0.1) is 5.82 Å². The van der Waals surface area contributed by atoms with Crippen molar-refractivity contribution in [1.29, 1.82) is 0 Å². The molecule has 0 saturated carbocycles. The zero-order valence-electron chi connectivity index (χ0n) is 12.0. The maximum absolute atomic E-state index is 13.5. The molecule has 0 aliphatic carbocycles. The lowest BCUT2D eigenvalue weighted by atomic mass is 10.2. The molecule has 2 aromatic heterocycles. The molecule has 4 nitrogen and oxygen atoms in total. The van der Waals surface area contributed by atoms with Gasteiger partial charge in [0.2, 0.25) is 5.91 Å². The number of hydrogen-bond donors (Lipinski definition) is 1. The fraction of sp³-hybridized carbons (Fsp3) is 0.0588. The molecule has 0 spiro atoms. The molecule has 23 heavy (non-hydrogen) atoms. The van der Waals surface area contributed by atoms with E-state index in [0.29, 0.717) is 22.1 Å². The normalized spacial score (nSPS) is 11.2. The zero-order valence-corrected chi connectivity index (χ0v) is 12.8. The van der Waals surface area contributed by atoms with E-state index in [2.05, 4.69) is 10.3 Å². The maximum Gasteiger partial charge on any atom is 0.244 e. The summed E-state index contributed by atoms with van der Waals surface area (Å²) in [6.45, 7) is 0.122. The first-order valence-electron chi connectivity index (χ1n) is 6.97. The highest BCUT2D eigenvalue weighted by Gasteiger charge is 2.07. The van der Waals surface area contributed by atoms with Gasteiger partial charge in [-0.2, -0.15) is 0 Å². The number of carbonyl (C=O) groups is 1. The molecule has 0 fully saturated rings. The Kier molecular flexibility index (Phi) is 4.39. The van der Waals surface area contributed by atoms with Crippen molar-refractivity contribution in [3.63, 3.8) is 0 Å². The molecule has 6 heteroatoms. The van der Waals surface area contributed by atoms with Crippen LogP contribution in [0.5, 0.6) is 0 Å². The Morgan fingerprint density at radius 2 is 2.04 bits per heavy atom. The van der Waals surface area contributed by atoms with Crippen LogP contribution in [0.2, 0.25) is 5.15 Å². The third kappa shape index (κ3) is 3.40. The Hall–Kier alpha value is -2.66. The van der Waals surface area contributed by atoms with Crippen LogP contribution in [0.25, 0.3) is 11.7 Å². The van der Waals surface area contributed by atoms with Crippen molar-refractivity contribution in [3.05, 3.63) is 77.0 Å². The van der Waals surface area contributed by atoms with Crippen molar-refractivity contribution in [3.8, 4) is 0 Å². The molecule has 3 aromatic rings. The van der Waals surface area contributed by atoms with Crippen LogP contribution >= 0.6 is 11.6 Å². The zero-order chi connectivity index (χ0) is 16.2. The first-order chi connectivity index (χ1) is 11.1. The number of aromatic nitrogens is 2. The number of fused-ring (bicyclic) bond motifs is 1. The largest absolute Gasteiger partial charge is 0.348 e. The second-order valence-corrected chi connectivity index (χ2v) is 5.22. The molecule has 0 bridgehead atoms. The summed E-state index contributed by atoms with van der Waals surface area (Å²) >= 11 is 6.08. The Labute approximate surface area is 137 Å². The van der Waals surface area contributed by atoms with Crippen LogP contribution in [-0.4, -0.2) is 15.3 Å². The van der Waals surface area contributed by atoms with Crippen molar-refractivity contribution in [2.75, 3.05) is 0 Å². The molecule has 116 valence electrons. The predicted molar refractivity (Wildman–Crippen MR) is 87.5 cm³/mol. The Morgan fingerprint density at radius 1 is 1.26 bits per heavy atom. The van der Waals surface area contributed by atoms with Gasteiger partial charge in [-0.15, -0.1) is 0 Å². The minimum absolute atomic E-state index is 0.122. The molecule has 1 amide bonds. The first kappa shape index (κ1) is 15.2. The number of nitrogens with zero attached hydrogens (tertiary/aromatic N) is 2. The molecule has 3 rings (SSSR count). The van der Waals surface area contributed by atoms with E-state index in [-0.39, 0.29) is 18.3 Å². The van der Waals surface area contributed by atoms with E-state index in [0.717, 1.165) is 0 Å². The molecular weight excluding hydrogens is 317 g/mol. The number of imidazole rings is 1. The maximum atomic E-state index is 13.5. The second-order valence-electron chi connectivity index (χ2n) is 4.86. The molecule has 1 aromatic carbocycles. The highest BCUT2D eigenvalue weighted by molar-refractivity contribution is 6.31. The van der Waals surface area contributed by atoms with Gasteiger partial charge in [0, 0.05) is 24.4 Å². The van der Waals surface area contributed by atoms with E-state index < -0.39 is 0 Å². The monoisotopic (exact) mass is 329 g/mol. The summed E-state index contributed by atoms with van der Waals surface area (Å²) in [7, 11) is 0. The quantitative estimate of drug-likeness (QED) is 0.745. The summed E-state index contributed by atoms with van der Waals surface area (Å²) in [4.78, 5) is 16.1. The number of benzene rings is 1. The number of nitrogens with one attached hydrogen (secondary N) is 1. The fourth-order valence-electron chi connectivity index (χ4n) is 2.17. The van der Waals surface area contributed by atoms with Gasteiger partial charge in [-0.25, -0.2) is 9.37 Å². The molecule has 0 aliphatic rings. The molecule has 0 radical (unpaired) electrons. The summed E-state index contributed by atoms with van der Waals surface area (Å²) < 4.78 is 15.3. The van der Waals surface area contributed by atoms with Crippen LogP contribution in [-0.2, 0) is 11.3 Å². The van der Waals surface area contributed by atoms with Crippen LogP contribution in [0.1, 0.15) is 11.3 Å². The van der Waals surface area contributed by atoms with Gasteiger partial charge in [-0.3, -0.25) is 9.20 Å². The number of pyridine rings is 1. The number of rotatable bonds is 4. The summed E-state index contributed by atoms with van der Waals surface area (Å²) in [5, 5.41) is 2.95. The highest BCUT2D eigenvalue weighted by atomic mass is 35.5. The standard InChI is InChI=1S/C17H13ClFN3O/c18-17-14(22-10-4-3-7-15(22)21-17)8-9-16(23)20-11-12-5-1-2-6-13(12)19/h1-10H,11H2,(H,20,23). The fourth-order valence-corrected chi connectivity index (χ4v) is 2.41. The lowest BCUT2D eigenvalue weighted by molar-refractivity contribution is -0.116. The summed E-state index contributed by atoms with van der Waals surface area (Å²) in [6, 6.07) is 11.8. The predicted octanol–water partition coefficient (Wildman–Crippen LogP) is 3.46. The third-order valence-electron chi connectivity index (χ3n) is 3.33. The molecule has 0 atom stereocenters. The molecular formula is C17H13ClFN3O. The van der Waals surface area contributed by atoms with Gasteiger partial charge < -0.3 is 5.32 Å². The number of amides is 1. The summed E-state index contributed by atoms with van der Waals surface area (Å²) in [6.07, 6.45) is 4.74. The van der Waals surface area contributed by atoms with Gasteiger partial charge in [-0.1, -0.05) is 35.9 Å². The topological polar surface area (TPSA) is 46.4 Å². The van der Waals surface area contributed by atoms with E-state index in [9.17, 15) is 9.18 Å². The Balaban J connectivity index is 1.71. The molecule has 0 aliphatic heterocycles. The molecule has 0 unspecified atom stereocenters. The number of halogens is 2. The molecule has 0 saturated heterocycles. The van der Waals surface area contributed by atoms with Crippen LogP contribution in [0.4, 0.5) is 4.39 Å². The van der Waals surface area contributed by atoms with E-state index in [1.807, 2.05) is 24.4 Å². The van der Waals surface area contributed by atoms with Gasteiger partial charge in [-0.05, 0) is 24.3 Å². The van der Waals surface area contributed by atoms with Gasteiger partial charge in [0.15, 0.2) is 5.15 Å². The Bertz CT molecular complexity index is 888. The van der Waals surface area contributed by atoms with Crippen molar-refractivity contribution < 1.29 is 9.18 Å². The minimum atomic E-state index is -0.346. The van der Waals surface area contributed by atoms with E-state index in [1.165, 1.54) is 12.1 Å². The van der Waals surface area contributed by atoms with Crippen LogP contribution < -0.4 is 5.32 Å². The first-order valence-corrected chi connectivity index (χ1v) is 7.35. The van der Waals surface area contributed by atoms with Gasteiger partial charge in [0.05, 0.1) is 5.69 Å². The SMILES string of the molecule is O=C(C=Cc1c(Cl)nc2ccccn12)NCc1ccccc1F. The van der Waals surface area contributed by atoms with E-state index in [1.54, 1.807) is 28.7 Å². The average molecular weight is 330 g/mol. The van der Waals surface area contributed by atoms with Gasteiger partial charge in [0.25, 0.3) is 0 Å². The summed E-state index contributed by atoms with van der Waals surface area (Å²) in [5.74, 6) is -0.684. The van der Waals surface area contributed by atoms with Gasteiger partial charge >= 0.3 is 0 Å². The number of carbonyl (C=O) groups excluding carboxylic acids is 1. The summed E-state index contributed by atoms with van der Waals surface area (Å²) in [5.41, 5.74) is 1.74. The van der Waals surface area contributed by atoms with E-state index >= 15 is 0 Å². The highest BCUT2D eigenvalue weighted by Crippen LogP contribution is 2.18. The second kappa shape index (κ2) is 6.62.